The van der Waals surface area contributed by atoms with Gasteiger partial charge < -0.3 is 14.9 Å². The number of rotatable bonds is 4. The maximum Gasteiger partial charge on any atom is 0.253 e. The molecule has 0 saturated heterocycles. The predicted octanol–water partition coefficient (Wildman–Crippen LogP) is 4.36. The molecule has 1 aromatic carbocycles. The fourth-order valence-corrected chi connectivity index (χ4v) is 3.72. The number of benzene rings is 1. The van der Waals surface area contributed by atoms with Gasteiger partial charge in [-0.1, -0.05) is 15.9 Å². The maximum atomic E-state index is 14.6. The summed E-state index contributed by atoms with van der Waals surface area (Å²) in [7, 11) is 0. The first-order valence-corrected chi connectivity index (χ1v) is 9.45. The second kappa shape index (κ2) is 7.31. The number of H-pyrrole nitrogens is 1. The largest absolute Gasteiger partial charge is 0.348 e. The van der Waals surface area contributed by atoms with Crippen molar-refractivity contribution in [2.45, 2.75) is 40.3 Å². The van der Waals surface area contributed by atoms with Crippen LogP contribution in [0.3, 0.4) is 0 Å². The number of nitrogens with one attached hydrogen (secondary N) is 2. The zero-order valence-electron chi connectivity index (χ0n) is 15.6. The number of hydrogen-bond donors (Lipinski definition) is 2. The summed E-state index contributed by atoms with van der Waals surface area (Å²) < 4.78 is 17.1. The number of nitrogens with zero attached hydrogens (tertiary/aromatic N) is 1. The van der Waals surface area contributed by atoms with Crippen molar-refractivity contribution in [1.29, 1.82) is 0 Å². The Morgan fingerprint density at radius 2 is 2.00 bits per heavy atom. The second-order valence-electron chi connectivity index (χ2n) is 6.95. The number of aromatic amines is 1. The highest BCUT2D eigenvalue weighted by Gasteiger charge is 2.20. The van der Waals surface area contributed by atoms with Crippen LogP contribution in [0, 0.1) is 19.7 Å². The van der Waals surface area contributed by atoms with Crippen molar-refractivity contribution in [3.8, 4) is 0 Å². The Hall–Kier alpha value is -2.41. The number of hydrogen-bond acceptors (Lipinski definition) is 2. The molecule has 2 heterocycles. The summed E-state index contributed by atoms with van der Waals surface area (Å²) in [5, 5.41) is 3.02. The molecule has 0 fully saturated rings. The van der Waals surface area contributed by atoms with Gasteiger partial charge in [0, 0.05) is 39.9 Å². The number of halogens is 2. The van der Waals surface area contributed by atoms with E-state index in [4.69, 9.17) is 0 Å². The summed E-state index contributed by atoms with van der Waals surface area (Å²) in [6, 6.07) is 5.29. The van der Waals surface area contributed by atoms with Crippen molar-refractivity contribution in [1.82, 2.24) is 14.9 Å². The summed E-state index contributed by atoms with van der Waals surface area (Å²) in [4.78, 5) is 27.6. The zero-order chi connectivity index (χ0) is 19.9. The van der Waals surface area contributed by atoms with E-state index in [1.165, 1.54) is 6.20 Å². The molecular weight excluding hydrogens is 413 g/mol. The Balaban J connectivity index is 1.98. The van der Waals surface area contributed by atoms with Crippen LogP contribution in [0.25, 0.3) is 10.9 Å². The van der Waals surface area contributed by atoms with Gasteiger partial charge in [-0.15, -0.1) is 0 Å². The van der Waals surface area contributed by atoms with Crippen molar-refractivity contribution >= 4 is 32.7 Å². The first-order chi connectivity index (χ1) is 12.7. The van der Waals surface area contributed by atoms with Crippen LogP contribution in [-0.2, 0) is 6.54 Å². The lowest BCUT2D eigenvalue weighted by Crippen LogP contribution is -2.28. The van der Waals surface area contributed by atoms with Gasteiger partial charge in [0.05, 0.1) is 11.1 Å². The van der Waals surface area contributed by atoms with Crippen LogP contribution >= 0.6 is 15.9 Å². The van der Waals surface area contributed by atoms with Gasteiger partial charge in [0.25, 0.3) is 11.5 Å². The van der Waals surface area contributed by atoms with E-state index in [-0.39, 0.29) is 29.1 Å². The number of aromatic nitrogens is 2. The van der Waals surface area contributed by atoms with E-state index in [1.54, 1.807) is 23.6 Å². The molecule has 0 atom stereocenters. The van der Waals surface area contributed by atoms with E-state index in [0.717, 1.165) is 11.3 Å². The minimum Gasteiger partial charge on any atom is -0.348 e. The summed E-state index contributed by atoms with van der Waals surface area (Å²) in [6.07, 6.45) is 1.41. The average molecular weight is 434 g/mol. The molecule has 0 saturated carbocycles. The Kier molecular flexibility index (Phi) is 5.24. The molecule has 7 heteroatoms. The number of carbonyl (C=O) groups is 1. The molecule has 0 aliphatic carbocycles. The highest BCUT2D eigenvalue weighted by Crippen LogP contribution is 2.30. The van der Waals surface area contributed by atoms with Gasteiger partial charge >= 0.3 is 0 Å². The van der Waals surface area contributed by atoms with Crippen LogP contribution in [0.4, 0.5) is 4.39 Å². The highest BCUT2D eigenvalue weighted by molar-refractivity contribution is 9.10. The van der Waals surface area contributed by atoms with E-state index in [1.807, 2.05) is 26.8 Å². The van der Waals surface area contributed by atoms with E-state index in [2.05, 4.69) is 26.2 Å². The third-order valence-corrected chi connectivity index (χ3v) is 5.03. The molecule has 2 aromatic heterocycles. The van der Waals surface area contributed by atoms with Gasteiger partial charge in [-0.3, -0.25) is 9.59 Å². The molecule has 0 aliphatic rings. The van der Waals surface area contributed by atoms with Crippen molar-refractivity contribution < 1.29 is 9.18 Å². The highest BCUT2D eigenvalue weighted by atomic mass is 79.9. The lowest BCUT2D eigenvalue weighted by molar-refractivity contribution is 0.0952. The molecule has 0 spiro atoms. The van der Waals surface area contributed by atoms with Gasteiger partial charge in [-0.25, -0.2) is 4.39 Å². The molecule has 5 nitrogen and oxygen atoms in total. The normalized spacial score (nSPS) is 11.4. The van der Waals surface area contributed by atoms with Gasteiger partial charge in [-0.05, 0) is 51.5 Å². The van der Waals surface area contributed by atoms with E-state index >= 15 is 0 Å². The molecule has 3 aromatic rings. The topological polar surface area (TPSA) is 66.9 Å². The van der Waals surface area contributed by atoms with Crippen molar-refractivity contribution in [2.75, 3.05) is 0 Å². The van der Waals surface area contributed by atoms with Gasteiger partial charge in [0.15, 0.2) is 0 Å². The second-order valence-corrected chi connectivity index (χ2v) is 7.87. The lowest BCUT2D eigenvalue weighted by Gasteiger charge is -2.12. The number of pyridine rings is 1. The lowest BCUT2D eigenvalue weighted by atomic mass is 10.1. The van der Waals surface area contributed by atoms with Crippen LogP contribution in [0.2, 0.25) is 0 Å². The Morgan fingerprint density at radius 1 is 1.30 bits per heavy atom. The summed E-state index contributed by atoms with van der Waals surface area (Å²) in [5.74, 6) is -0.873. The van der Waals surface area contributed by atoms with Crippen molar-refractivity contribution in [3.05, 3.63) is 67.4 Å². The smallest absolute Gasteiger partial charge is 0.253 e. The van der Waals surface area contributed by atoms with Crippen LogP contribution in [0.1, 0.15) is 47.1 Å². The third kappa shape index (κ3) is 3.69. The van der Waals surface area contributed by atoms with Gasteiger partial charge in [-0.2, -0.15) is 0 Å². The maximum absolute atomic E-state index is 14.6. The average Bonchev–Trinajstić information content (AvgIpc) is 2.89. The monoisotopic (exact) mass is 433 g/mol. The van der Waals surface area contributed by atoms with E-state index in [9.17, 15) is 14.0 Å². The van der Waals surface area contributed by atoms with Crippen LogP contribution in [0.15, 0.2) is 33.7 Å². The van der Waals surface area contributed by atoms with Gasteiger partial charge in [0.1, 0.15) is 5.82 Å². The van der Waals surface area contributed by atoms with Crippen LogP contribution in [0.5, 0.6) is 0 Å². The molecule has 0 bridgehead atoms. The Morgan fingerprint density at radius 3 is 2.63 bits per heavy atom. The predicted molar refractivity (Wildman–Crippen MR) is 108 cm³/mol. The first kappa shape index (κ1) is 19.4. The molecule has 142 valence electrons. The fraction of sp³-hybridized carbons (Fsp3) is 0.300. The van der Waals surface area contributed by atoms with Crippen LogP contribution < -0.4 is 10.9 Å². The van der Waals surface area contributed by atoms with Crippen molar-refractivity contribution in [3.63, 3.8) is 0 Å². The molecule has 0 radical (unpaired) electrons. The fourth-order valence-electron chi connectivity index (χ4n) is 3.27. The van der Waals surface area contributed by atoms with Crippen molar-refractivity contribution in [2.24, 2.45) is 0 Å². The quantitative estimate of drug-likeness (QED) is 0.641. The molecule has 0 unspecified atom stereocenters. The number of carbonyl (C=O) groups excluding carboxylic acids is 1. The molecule has 0 aliphatic heterocycles. The minimum atomic E-state index is -0.444. The third-order valence-electron chi connectivity index (χ3n) is 4.57. The number of aryl methyl sites for hydroxylation is 2. The summed E-state index contributed by atoms with van der Waals surface area (Å²) >= 11 is 3.40. The van der Waals surface area contributed by atoms with E-state index in [0.29, 0.717) is 15.6 Å². The number of fused-ring (bicyclic) bond motifs is 1. The SMILES string of the molecule is Cc1cc(C)c(CNC(=O)c2cc(Br)cc3c2c(F)cn3C(C)C)c(=O)[nH]1. The molecule has 2 N–H and O–H groups in total. The Labute approximate surface area is 164 Å². The Bertz CT molecular complexity index is 1100. The molecule has 3 rings (SSSR count). The molecule has 1 amide bonds. The van der Waals surface area contributed by atoms with Crippen LogP contribution in [-0.4, -0.2) is 15.5 Å². The zero-order valence-corrected chi connectivity index (χ0v) is 17.2. The minimum absolute atomic E-state index is 0.0518. The number of amides is 1. The molecule has 27 heavy (non-hydrogen) atoms. The summed E-state index contributed by atoms with van der Waals surface area (Å²) in [6.45, 7) is 7.60. The first-order valence-electron chi connectivity index (χ1n) is 8.66. The summed E-state index contributed by atoms with van der Waals surface area (Å²) in [5.41, 5.74) is 2.69. The molecular formula is C20H21BrFN3O2. The van der Waals surface area contributed by atoms with E-state index < -0.39 is 11.7 Å². The standard InChI is InChI=1S/C20H21BrFN3O2/c1-10(2)25-9-16(22)18-14(6-13(21)7-17(18)25)19(26)23-8-15-11(3)5-12(4)24-20(15)27/h5-7,9-10H,8H2,1-4H3,(H,23,26)(H,24,27). The van der Waals surface area contributed by atoms with Gasteiger partial charge in [0.2, 0.25) is 0 Å².